The highest BCUT2D eigenvalue weighted by Gasteiger charge is 2.07. The zero-order chi connectivity index (χ0) is 13.5. The maximum atomic E-state index is 5.39. The molecule has 0 radical (unpaired) electrons. The van der Waals surface area contributed by atoms with Crippen LogP contribution in [0.3, 0.4) is 0 Å². The molecule has 1 aromatic rings. The van der Waals surface area contributed by atoms with Crippen molar-refractivity contribution >= 4 is 51.7 Å². The van der Waals surface area contributed by atoms with E-state index in [2.05, 4.69) is 36.4 Å². The number of thiocarbonyl (C=S) groups is 1. The first-order valence-electron chi connectivity index (χ1n) is 5.88. The summed E-state index contributed by atoms with van der Waals surface area (Å²) in [5.74, 6) is 0. The summed E-state index contributed by atoms with van der Waals surface area (Å²) in [5.41, 5.74) is 0.883. The summed E-state index contributed by atoms with van der Waals surface area (Å²) in [6, 6.07) is 7.79. The molecule has 0 amide bonds. The van der Waals surface area contributed by atoms with Crippen LogP contribution >= 0.6 is 36.6 Å². The van der Waals surface area contributed by atoms with E-state index in [4.69, 9.17) is 12.2 Å². The van der Waals surface area contributed by atoms with Crippen LogP contribution in [0, 0.1) is 0 Å². The smallest absolute Gasteiger partial charge is 0.142 e. The van der Waals surface area contributed by atoms with Crippen molar-refractivity contribution < 1.29 is 0 Å². The second-order valence-corrected chi connectivity index (χ2v) is 5.97. The van der Waals surface area contributed by atoms with E-state index in [1.165, 1.54) is 11.8 Å². The van der Waals surface area contributed by atoms with Gasteiger partial charge < -0.3 is 4.90 Å². The van der Waals surface area contributed by atoms with Gasteiger partial charge in [0.25, 0.3) is 0 Å². The summed E-state index contributed by atoms with van der Waals surface area (Å²) < 4.78 is 0.873. The predicted molar refractivity (Wildman–Crippen MR) is 89.6 cm³/mol. The van der Waals surface area contributed by atoms with E-state index in [0.29, 0.717) is 0 Å². The molecular formula is C13H18N2S3. The van der Waals surface area contributed by atoms with Crippen LogP contribution in [-0.2, 0) is 0 Å². The molecule has 0 fully saturated rings. The first-order valence-corrected chi connectivity index (χ1v) is 7.55. The third-order valence-corrected chi connectivity index (χ3v) is 4.12. The lowest BCUT2D eigenvalue weighted by molar-refractivity contribution is 0.482. The van der Waals surface area contributed by atoms with E-state index >= 15 is 0 Å². The summed E-state index contributed by atoms with van der Waals surface area (Å²) >= 11 is 11.3. The molecule has 0 heterocycles. The number of nitrogens with zero attached hydrogens (tertiary/aromatic N) is 2. The predicted octanol–water partition coefficient (Wildman–Crippen LogP) is 4.39. The molecule has 1 aromatic carbocycles. The maximum absolute atomic E-state index is 5.39. The van der Waals surface area contributed by atoms with Crippen molar-refractivity contribution in [3.8, 4) is 0 Å². The summed E-state index contributed by atoms with van der Waals surface area (Å²) in [7, 11) is 0. The molecule has 0 spiro atoms. The SMILES string of the molecule is CCN(CC)C(=S)SC(C)=Nc1ccccc1S. The van der Waals surface area contributed by atoms with E-state index in [0.717, 1.165) is 33.0 Å². The zero-order valence-electron chi connectivity index (χ0n) is 10.9. The number of thiol groups is 1. The van der Waals surface area contributed by atoms with Gasteiger partial charge in [0.15, 0.2) is 0 Å². The van der Waals surface area contributed by atoms with Crippen molar-refractivity contribution in [3.63, 3.8) is 0 Å². The molecule has 1 rings (SSSR count). The lowest BCUT2D eigenvalue weighted by Gasteiger charge is -2.20. The Hall–Kier alpha value is -0.520. The fourth-order valence-electron chi connectivity index (χ4n) is 1.42. The first kappa shape index (κ1) is 15.5. The van der Waals surface area contributed by atoms with Crippen molar-refractivity contribution in [2.24, 2.45) is 4.99 Å². The summed E-state index contributed by atoms with van der Waals surface area (Å²) in [6.45, 7) is 8.04. The molecule has 2 nitrogen and oxygen atoms in total. The van der Waals surface area contributed by atoms with Gasteiger partial charge in [-0.1, -0.05) is 24.4 Å². The van der Waals surface area contributed by atoms with Crippen LogP contribution in [0.4, 0.5) is 5.69 Å². The molecule has 0 saturated carbocycles. The number of benzene rings is 1. The van der Waals surface area contributed by atoms with E-state index in [9.17, 15) is 0 Å². The summed E-state index contributed by atoms with van der Waals surface area (Å²) in [6.07, 6.45) is 0. The minimum absolute atomic E-state index is 0.873. The van der Waals surface area contributed by atoms with Crippen LogP contribution in [0.1, 0.15) is 20.8 Å². The van der Waals surface area contributed by atoms with E-state index in [1.807, 2.05) is 31.2 Å². The average Bonchev–Trinajstić information content (AvgIpc) is 2.33. The molecule has 18 heavy (non-hydrogen) atoms. The number of para-hydroxylation sites is 1. The highest BCUT2D eigenvalue weighted by Crippen LogP contribution is 2.24. The monoisotopic (exact) mass is 298 g/mol. The fraction of sp³-hybridized carbons (Fsp3) is 0.385. The Morgan fingerprint density at radius 1 is 1.33 bits per heavy atom. The van der Waals surface area contributed by atoms with Crippen molar-refractivity contribution in [2.45, 2.75) is 25.7 Å². The molecule has 5 heteroatoms. The van der Waals surface area contributed by atoms with Gasteiger partial charge in [-0.15, -0.1) is 12.6 Å². The van der Waals surface area contributed by atoms with Gasteiger partial charge in [0, 0.05) is 18.0 Å². The molecular weight excluding hydrogens is 280 g/mol. The van der Waals surface area contributed by atoms with Crippen molar-refractivity contribution in [3.05, 3.63) is 24.3 Å². The molecule has 0 bridgehead atoms. The summed E-state index contributed by atoms with van der Waals surface area (Å²) in [4.78, 5) is 7.56. The lowest BCUT2D eigenvalue weighted by Crippen LogP contribution is -2.27. The van der Waals surface area contributed by atoms with Gasteiger partial charge >= 0.3 is 0 Å². The number of thioether (sulfide) groups is 1. The third-order valence-electron chi connectivity index (χ3n) is 2.42. The minimum atomic E-state index is 0.873. The van der Waals surface area contributed by atoms with Crippen LogP contribution in [0.25, 0.3) is 0 Å². The Morgan fingerprint density at radius 2 is 1.94 bits per heavy atom. The third kappa shape index (κ3) is 4.63. The van der Waals surface area contributed by atoms with Crippen molar-refractivity contribution in [1.29, 1.82) is 0 Å². The molecule has 0 aliphatic heterocycles. The van der Waals surface area contributed by atoms with Crippen LogP contribution in [0.5, 0.6) is 0 Å². The van der Waals surface area contributed by atoms with Crippen molar-refractivity contribution in [2.75, 3.05) is 13.1 Å². The zero-order valence-corrected chi connectivity index (χ0v) is 13.4. The topological polar surface area (TPSA) is 15.6 Å². The Balaban J connectivity index is 2.74. The van der Waals surface area contributed by atoms with Gasteiger partial charge in [-0.25, -0.2) is 4.99 Å². The minimum Gasteiger partial charge on any atom is -0.358 e. The quantitative estimate of drug-likeness (QED) is 0.386. The Kier molecular flexibility index (Phi) is 6.75. The Morgan fingerprint density at radius 3 is 2.50 bits per heavy atom. The van der Waals surface area contributed by atoms with E-state index in [1.54, 1.807) is 0 Å². The van der Waals surface area contributed by atoms with Gasteiger partial charge in [-0.3, -0.25) is 0 Å². The van der Waals surface area contributed by atoms with Gasteiger partial charge in [0.2, 0.25) is 0 Å². The molecule has 0 aromatic heterocycles. The van der Waals surface area contributed by atoms with Crippen LogP contribution in [-0.4, -0.2) is 27.4 Å². The molecule has 0 saturated heterocycles. The number of rotatable bonds is 3. The molecule has 0 aliphatic rings. The average molecular weight is 299 g/mol. The second kappa shape index (κ2) is 7.81. The van der Waals surface area contributed by atoms with Crippen LogP contribution < -0.4 is 0 Å². The highest BCUT2D eigenvalue weighted by molar-refractivity contribution is 8.32. The molecule has 0 unspecified atom stereocenters. The molecule has 0 aliphatic carbocycles. The lowest BCUT2D eigenvalue weighted by atomic mass is 10.3. The fourth-order valence-corrected chi connectivity index (χ4v) is 3.04. The molecule has 98 valence electrons. The first-order chi connectivity index (χ1) is 8.58. The molecule has 0 N–H and O–H groups in total. The van der Waals surface area contributed by atoms with Crippen LogP contribution in [0.2, 0.25) is 0 Å². The number of aliphatic imine (C=N–C) groups is 1. The largest absolute Gasteiger partial charge is 0.358 e. The van der Waals surface area contributed by atoms with E-state index < -0.39 is 0 Å². The molecule has 0 atom stereocenters. The standard InChI is InChI=1S/C13H18N2S3/c1-4-15(5-2)13(17)18-10(3)14-11-8-6-7-9-12(11)16/h6-9,16H,4-5H2,1-3H3. The van der Waals surface area contributed by atoms with Gasteiger partial charge in [0.05, 0.1) is 10.7 Å². The maximum Gasteiger partial charge on any atom is 0.142 e. The summed E-state index contributed by atoms with van der Waals surface area (Å²) in [5, 5.41) is 0.938. The highest BCUT2D eigenvalue weighted by atomic mass is 32.2. The van der Waals surface area contributed by atoms with Gasteiger partial charge in [-0.05, 0) is 44.7 Å². The van der Waals surface area contributed by atoms with Crippen molar-refractivity contribution in [1.82, 2.24) is 4.90 Å². The normalized spacial score (nSPS) is 11.4. The Labute approximate surface area is 124 Å². The van der Waals surface area contributed by atoms with Crippen LogP contribution in [0.15, 0.2) is 34.2 Å². The number of hydrogen-bond acceptors (Lipinski definition) is 4. The second-order valence-electron chi connectivity index (χ2n) is 3.66. The van der Waals surface area contributed by atoms with Gasteiger partial charge in [-0.2, -0.15) is 0 Å². The number of hydrogen-bond donors (Lipinski definition) is 1. The van der Waals surface area contributed by atoms with E-state index in [-0.39, 0.29) is 0 Å². The van der Waals surface area contributed by atoms with Gasteiger partial charge in [0.1, 0.15) is 4.32 Å². The Bertz CT molecular complexity index is 440.